The number of pyridine rings is 1. The summed E-state index contributed by atoms with van der Waals surface area (Å²) in [5, 5.41) is 6.14. The van der Waals surface area contributed by atoms with Gasteiger partial charge in [0.05, 0.1) is 22.6 Å². The number of nitrogens with zero attached hydrogens (tertiary/aromatic N) is 5. The molecule has 2 N–H and O–H groups in total. The first-order valence-electron chi connectivity index (χ1n) is 12.4. The van der Waals surface area contributed by atoms with Crippen LogP contribution in [0.25, 0.3) is 22.2 Å². The third-order valence-corrected chi connectivity index (χ3v) is 6.49. The second kappa shape index (κ2) is 11.5. The maximum absolute atomic E-state index is 15.1. The molecule has 8 nitrogen and oxygen atoms in total. The van der Waals surface area contributed by atoms with Crippen LogP contribution in [-0.2, 0) is 4.79 Å². The smallest absolute Gasteiger partial charge is 0.248 e. The lowest BCUT2D eigenvalue weighted by Crippen LogP contribution is -2.47. The number of carbonyl (C=O) groups is 1. The van der Waals surface area contributed by atoms with Crippen molar-refractivity contribution in [3.05, 3.63) is 79.0 Å². The zero-order valence-electron chi connectivity index (χ0n) is 21.0. The van der Waals surface area contributed by atoms with Gasteiger partial charge in [-0.25, -0.2) is 28.1 Å². The number of amides is 1. The first-order chi connectivity index (χ1) is 19.0. The average molecular weight is 534 g/mol. The number of nitrogens with one attached hydrogen (secondary N) is 2. The van der Waals surface area contributed by atoms with E-state index in [-0.39, 0.29) is 23.2 Å². The highest BCUT2D eigenvalue weighted by Crippen LogP contribution is 2.31. The molecule has 1 fully saturated rings. The van der Waals surface area contributed by atoms with Crippen LogP contribution >= 0.6 is 0 Å². The van der Waals surface area contributed by atoms with E-state index in [2.05, 4.69) is 32.2 Å². The fourth-order valence-electron chi connectivity index (χ4n) is 4.49. The third kappa shape index (κ3) is 5.68. The van der Waals surface area contributed by atoms with E-state index >= 15 is 8.78 Å². The molecule has 1 amide bonds. The van der Waals surface area contributed by atoms with Crippen molar-refractivity contribution in [1.29, 1.82) is 0 Å². The van der Waals surface area contributed by atoms with E-state index in [9.17, 15) is 9.18 Å². The van der Waals surface area contributed by atoms with E-state index in [1.165, 1.54) is 12.1 Å². The number of hydrogen-bond donors (Lipinski definition) is 2. The van der Waals surface area contributed by atoms with Gasteiger partial charge in [-0.05, 0) is 30.3 Å². The zero-order valence-corrected chi connectivity index (χ0v) is 21.0. The number of fused-ring (bicyclic) bond motifs is 1. The molecule has 0 unspecified atom stereocenters. The van der Waals surface area contributed by atoms with Crippen molar-refractivity contribution in [2.45, 2.75) is 0 Å². The molecule has 11 heteroatoms. The summed E-state index contributed by atoms with van der Waals surface area (Å²) in [4.78, 5) is 28.7. The summed E-state index contributed by atoms with van der Waals surface area (Å²) >= 11 is 0. The van der Waals surface area contributed by atoms with Crippen molar-refractivity contribution >= 4 is 40.0 Å². The van der Waals surface area contributed by atoms with Crippen LogP contribution < -0.4 is 15.5 Å². The van der Waals surface area contributed by atoms with Crippen LogP contribution in [0.4, 0.5) is 36.3 Å². The zero-order chi connectivity index (χ0) is 27.4. The van der Waals surface area contributed by atoms with Gasteiger partial charge < -0.3 is 15.5 Å². The molecule has 200 valence electrons. The number of piperazine rings is 1. The standard InChI is InChI=1S/C28H26F3N7O/c1-2-24(39)35-23-8-4-7-20(33-23)19-6-3-5-18-17-32-28(36-27(18)19)34-21-9-10-22(26(31)25(21)30)38-15-13-37(12-11-29)14-16-38/h2-10,17H,1,11-16H2,(H,32,34,36)(H,33,35,39). The quantitative estimate of drug-likeness (QED) is 0.311. The number of rotatable bonds is 8. The molecule has 0 saturated carbocycles. The minimum absolute atomic E-state index is 0.0805. The Balaban J connectivity index is 1.40. The Morgan fingerprint density at radius 2 is 1.79 bits per heavy atom. The molecule has 0 bridgehead atoms. The Morgan fingerprint density at radius 1 is 1.00 bits per heavy atom. The van der Waals surface area contributed by atoms with Crippen molar-refractivity contribution in [2.24, 2.45) is 0 Å². The van der Waals surface area contributed by atoms with Crippen LogP contribution in [0.2, 0.25) is 0 Å². The van der Waals surface area contributed by atoms with Crippen molar-refractivity contribution in [3.63, 3.8) is 0 Å². The largest absolute Gasteiger partial charge is 0.367 e. The van der Waals surface area contributed by atoms with Crippen LogP contribution in [0.15, 0.2) is 67.4 Å². The highest BCUT2D eigenvalue weighted by molar-refractivity contribution is 5.98. The topological polar surface area (TPSA) is 86.3 Å². The Hall–Kier alpha value is -4.51. The van der Waals surface area contributed by atoms with Crippen LogP contribution in [-0.4, -0.2) is 65.2 Å². The van der Waals surface area contributed by atoms with E-state index in [0.717, 1.165) is 6.08 Å². The fraction of sp³-hybridized carbons (Fsp3) is 0.214. The minimum Gasteiger partial charge on any atom is -0.367 e. The molecule has 1 aliphatic heterocycles. The summed E-state index contributed by atoms with van der Waals surface area (Å²) in [6.07, 6.45) is 2.73. The van der Waals surface area contributed by atoms with E-state index in [0.29, 0.717) is 60.7 Å². The third-order valence-electron chi connectivity index (χ3n) is 6.49. The molecular weight excluding hydrogens is 507 g/mol. The first kappa shape index (κ1) is 26.1. The van der Waals surface area contributed by atoms with Gasteiger partial charge in [-0.3, -0.25) is 9.69 Å². The number of hydrogen-bond acceptors (Lipinski definition) is 7. The van der Waals surface area contributed by atoms with Crippen LogP contribution in [0.5, 0.6) is 0 Å². The average Bonchev–Trinajstić information content (AvgIpc) is 2.96. The predicted octanol–water partition coefficient (Wildman–Crippen LogP) is 4.93. The number of anilines is 4. The molecule has 1 saturated heterocycles. The van der Waals surface area contributed by atoms with Gasteiger partial charge in [-0.15, -0.1) is 0 Å². The summed E-state index contributed by atoms with van der Waals surface area (Å²) in [6.45, 7) is 5.47. The Bertz CT molecular complexity index is 1520. The van der Waals surface area contributed by atoms with E-state index in [1.807, 2.05) is 23.1 Å². The van der Waals surface area contributed by atoms with Crippen LogP contribution in [0, 0.1) is 11.6 Å². The van der Waals surface area contributed by atoms with Crippen LogP contribution in [0.3, 0.4) is 0 Å². The molecule has 39 heavy (non-hydrogen) atoms. The Morgan fingerprint density at radius 3 is 2.56 bits per heavy atom. The van der Waals surface area contributed by atoms with E-state index < -0.39 is 18.3 Å². The molecule has 0 spiro atoms. The summed E-state index contributed by atoms with van der Waals surface area (Å²) < 4.78 is 42.8. The van der Waals surface area contributed by atoms with E-state index in [4.69, 9.17) is 0 Å². The number of carbonyl (C=O) groups excluding carboxylic acids is 1. The SMILES string of the molecule is C=CC(=O)Nc1cccc(-c2cccc3cnc(Nc4ccc(N5CCN(CCF)CC5)c(F)c4F)nc23)n1. The van der Waals surface area contributed by atoms with Gasteiger partial charge in [0.15, 0.2) is 11.6 Å². The molecule has 3 heterocycles. The molecule has 5 rings (SSSR count). The van der Waals surface area contributed by atoms with Crippen molar-refractivity contribution < 1.29 is 18.0 Å². The maximum Gasteiger partial charge on any atom is 0.248 e. The molecule has 0 aliphatic carbocycles. The Labute approximate surface area is 223 Å². The number of aromatic nitrogens is 3. The summed E-state index contributed by atoms with van der Waals surface area (Å²) in [7, 11) is 0. The van der Waals surface area contributed by atoms with Gasteiger partial charge >= 0.3 is 0 Å². The van der Waals surface area contributed by atoms with Crippen molar-refractivity contribution in [3.8, 4) is 11.3 Å². The number of benzene rings is 2. The monoisotopic (exact) mass is 533 g/mol. The molecule has 2 aromatic heterocycles. The lowest BCUT2D eigenvalue weighted by molar-refractivity contribution is -0.111. The van der Waals surface area contributed by atoms with Gasteiger partial charge in [-0.2, -0.15) is 0 Å². The van der Waals surface area contributed by atoms with E-state index in [1.54, 1.807) is 29.3 Å². The van der Waals surface area contributed by atoms with Gasteiger partial charge in [0.2, 0.25) is 11.9 Å². The summed E-state index contributed by atoms with van der Waals surface area (Å²) in [6, 6.07) is 13.6. The van der Waals surface area contributed by atoms with Crippen molar-refractivity contribution in [2.75, 3.05) is 54.9 Å². The highest BCUT2D eigenvalue weighted by Gasteiger charge is 2.23. The Kier molecular flexibility index (Phi) is 7.69. The fourth-order valence-corrected chi connectivity index (χ4v) is 4.49. The molecule has 4 aromatic rings. The molecule has 0 atom stereocenters. The first-order valence-corrected chi connectivity index (χ1v) is 12.4. The van der Waals surface area contributed by atoms with Gasteiger partial charge in [0.25, 0.3) is 0 Å². The number of alkyl halides is 1. The lowest BCUT2D eigenvalue weighted by atomic mass is 10.1. The van der Waals surface area contributed by atoms with Crippen molar-refractivity contribution in [1.82, 2.24) is 19.9 Å². The lowest BCUT2D eigenvalue weighted by Gasteiger charge is -2.35. The summed E-state index contributed by atoms with van der Waals surface area (Å²) in [5.74, 6) is -1.96. The number of halogens is 3. The molecule has 0 radical (unpaired) electrons. The minimum atomic E-state index is -1.04. The summed E-state index contributed by atoms with van der Waals surface area (Å²) in [5.41, 5.74) is 1.82. The predicted molar refractivity (Wildman–Crippen MR) is 146 cm³/mol. The normalized spacial score (nSPS) is 13.9. The molecular formula is C28H26F3N7O. The maximum atomic E-state index is 15.1. The second-order valence-electron chi connectivity index (χ2n) is 8.94. The van der Waals surface area contributed by atoms with Gasteiger partial charge in [0, 0.05) is 49.9 Å². The van der Waals surface area contributed by atoms with Gasteiger partial charge in [0.1, 0.15) is 12.5 Å². The van der Waals surface area contributed by atoms with Crippen LogP contribution in [0.1, 0.15) is 0 Å². The molecule has 1 aliphatic rings. The second-order valence-corrected chi connectivity index (χ2v) is 8.94. The number of para-hydroxylation sites is 1. The molecule has 2 aromatic carbocycles. The highest BCUT2D eigenvalue weighted by atomic mass is 19.2. The van der Waals surface area contributed by atoms with Gasteiger partial charge in [-0.1, -0.05) is 30.8 Å².